The minimum Gasteiger partial charge on any atom is -0.446 e. The average Bonchev–Trinajstić information content (AvgIpc) is 2.05. The minimum atomic E-state index is -0.641. The summed E-state index contributed by atoms with van der Waals surface area (Å²) in [6.45, 7) is 0. The van der Waals surface area contributed by atoms with Crippen LogP contribution in [0.1, 0.15) is 25.7 Å². The molecule has 0 spiro atoms. The molecule has 0 aliphatic heterocycles. The Balaban J connectivity index is 2.21. The third kappa shape index (κ3) is 3.01. The maximum Gasteiger partial charge on any atom is 0.404 e. The highest BCUT2D eigenvalue weighted by molar-refractivity contribution is 9.09. The van der Waals surface area contributed by atoms with Crippen LogP contribution in [0, 0.1) is 5.92 Å². The van der Waals surface area contributed by atoms with Gasteiger partial charge >= 0.3 is 6.09 Å². The molecular weight excluding hydrogens is 222 g/mol. The van der Waals surface area contributed by atoms with Crippen molar-refractivity contribution in [2.24, 2.45) is 11.7 Å². The summed E-state index contributed by atoms with van der Waals surface area (Å²) in [5, 5.41) is 1.05. The van der Waals surface area contributed by atoms with Crippen LogP contribution in [-0.4, -0.2) is 17.5 Å². The highest BCUT2D eigenvalue weighted by atomic mass is 79.9. The molecule has 0 saturated heterocycles. The Morgan fingerprint density at radius 3 is 2.42 bits per heavy atom. The number of nitrogens with two attached hydrogens (primary N) is 1. The van der Waals surface area contributed by atoms with E-state index in [4.69, 9.17) is 10.5 Å². The van der Waals surface area contributed by atoms with Crippen LogP contribution >= 0.6 is 15.9 Å². The molecular formula is C8H14BrNO2. The van der Waals surface area contributed by atoms with Crippen LogP contribution in [-0.2, 0) is 4.74 Å². The van der Waals surface area contributed by atoms with Gasteiger partial charge in [-0.05, 0) is 31.6 Å². The monoisotopic (exact) mass is 235 g/mol. The molecule has 4 heteroatoms. The van der Waals surface area contributed by atoms with E-state index in [1.807, 2.05) is 0 Å². The summed E-state index contributed by atoms with van der Waals surface area (Å²) in [4.78, 5) is 10.4. The van der Waals surface area contributed by atoms with Gasteiger partial charge in [0, 0.05) is 5.33 Å². The van der Waals surface area contributed by atoms with Crippen molar-refractivity contribution in [1.29, 1.82) is 0 Å². The Bertz CT molecular complexity index is 155. The second-order valence-electron chi connectivity index (χ2n) is 3.23. The number of carbonyl (C=O) groups excluding carboxylic acids is 1. The van der Waals surface area contributed by atoms with Gasteiger partial charge < -0.3 is 10.5 Å². The fraction of sp³-hybridized carbons (Fsp3) is 0.875. The smallest absolute Gasteiger partial charge is 0.404 e. The molecule has 1 fully saturated rings. The van der Waals surface area contributed by atoms with Gasteiger partial charge in [-0.1, -0.05) is 15.9 Å². The van der Waals surface area contributed by atoms with Gasteiger partial charge in [-0.2, -0.15) is 0 Å². The largest absolute Gasteiger partial charge is 0.446 e. The van der Waals surface area contributed by atoms with Crippen molar-refractivity contribution < 1.29 is 9.53 Å². The number of hydrogen-bond donors (Lipinski definition) is 1. The van der Waals surface area contributed by atoms with Crippen molar-refractivity contribution >= 4 is 22.0 Å². The number of carbonyl (C=O) groups is 1. The molecule has 0 aromatic heterocycles. The normalized spacial score (nSPS) is 29.8. The molecule has 0 bridgehead atoms. The van der Waals surface area contributed by atoms with Crippen molar-refractivity contribution in [1.82, 2.24) is 0 Å². The lowest BCUT2D eigenvalue weighted by Crippen LogP contribution is -2.27. The molecule has 1 rings (SSSR count). The quantitative estimate of drug-likeness (QED) is 0.746. The standard InChI is InChI=1S/C8H14BrNO2/c9-5-6-1-3-7(4-2-6)12-8(10)11/h6-7H,1-5H2,(H2,10,11). The molecule has 1 aliphatic carbocycles. The van der Waals surface area contributed by atoms with E-state index in [-0.39, 0.29) is 6.10 Å². The van der Waals surface area contributed by atoms with E-state index in [1.54, 1.807) is 0 Å². The Morgan fingerprint density at radius 1 is 1.42 bits per heavy atom. The van der Waals surface area contributed by atoms with Gasteiger partial charge in [0.1, 0.15) is 6.10 Å². The third-order valence-electron chi connectivity index (χ3n) is 2.29. The average molecular weight is 236 g/mol. The fourth-order valence-corrected chi connectivity index (χ4v) is 2.22. The number of ether oxygens (including phenoxy) is 1. The minimum absolute atomic E-state index is 0.0674. The van der Waals surface area contributed by atoms with Gasteiger partial charge in [0.05, 0.1) is 0 Å². The predicted octanol–water partition coefficient (Wildman–Crippen LogP) is 2.04. The molecule has 0 radical (unpaired) electrons. The van der Waals surface area contributed by atoms with Crippen LogP contribution in [0.5, 0.6) is 0 Å². The maximum absolute atomic E-state index is 10.4. The van der Waals surface area contributed by atoms with Gasteiger partial charge in [0.25, 0.3) is 0 Å². The van der Waals surface area contributed by atoms with Gasteiger partial charge in [-0.3, -0.25) is 0 Å². The molecule has 12 heavy (non-hydrogen) atoms. The third-order valence-corrected chi connectivity index (χ3v) is 3.21. The van der Waals surface area contributed by atoms with E-state index >= 15 is 0 Å². The molecule has 0 aromatic rings. The molecule has 1 aliphatic rings. The molecule has 3 nitrogen and oxygen atoms in total. The molecule has 0 heterocycles. The van der Waals surface area contributed by atoms with Crippen molar-refractivity contribution in [3.63, 3.8) is 0 Å². The predicted molar refractivity (Wildman–Crippen MR) is 50.2 cm³/mol. The zero-order valence-electron chi connectivity index (χ0n) is 6.96. The van der Waals surface area contributed by atoms with Crippen LogP contribution in [0.2, 0.25) is 0 Å². The summed E-state index contributed by atoms with van der Waals surface area (Å²) >= 11 is 3.45. The van der Waals surface area contributed by atoms with Gasteiger partial charge in [0.2, 0.25) is 0 Å². The van der Waals surface area contributed by atoms with E-state index in [1.165, 1.54) is 0 Å². The van der Waals surface area contributed by atoms with Gasteiger partial charge in [-0.25, -0.2) is 4.79 Å². The number of amides is 1. The second kappa shape index (κ2) is 4.70. The van der Waals surface area contributed by atoms with Crippen molar-refractivity contribution in [2.75, 3.05) is 5.33 Å². The number of alkyl halides is 1. The highest BCUT2D eigenvalue weighted by Crippen LogP contribution is 2.27. The summed E-state index contributed by atoms with van der Waals surface area (Å²) < 4.78 is 4.91. The van der Waals surface area contributed by atoms with Crippen LogP contribution < -0.4 is 5.73 Å². The molecule has 0 atom stereocenters. The van der Waals surface area contributed by atoms with Crippen molar-refractivity contribution in [3.05, 3.63) is 0 Å². The first-order valence-electron chi connectivity index (χ1n) is 4.24. The lowest BCUT2D eigenvalue weighted by molar-refractivity contribution is 0.0738. The Hall–Kier alpha value is -0.250. The first kappa shape index (κ1) is 9.84. The molecule has 1 saturated carbocycles. The zero-order chi connectivity index (χ0) is 8.97. The van der Waals surface area contributed by atoms with Crippen LogP contribution in [0.4, 0.5) is 4.79 Å². The summed E-state index contributed by atoms with van der Waals surface area (Å²) in [5.74, 6) is 0.748. The first-order valence-corrected chi connectivity index (χ1v) is 5.36. The zero-order valence-corrected chi connectivity index (χ0v) is 8.55. The highest BCUT2D eigenvalue weighted by Gasteiger charge is 2.22. The Labute approximate surface area is 80.8 Å². The lowest BCUT2D eigenvalue weighted by atomic mass is 9.89. The Morgan fingerprint density at radius 2 is 2.00 bits per heavy atom. The number of rotatable bonds is 2. The van der Waals surface area contributed by atoms with Crippen LogP contribution in [0.25, 0.3) is 0 Å². The summed E-state index contributed by atoms with van der Waals surface area (Å²) in [6.07, 6.45) is 3.60. The lowest BCUT2D eigenvalue weighted by Gasteiger charge is -2.26. The van der Waals surface area contributed by atoms with Gasteiger partial charge in [0.15, 0.2) is 0 Å². The number of primary amides is 1. The first-order chi connectivity index (χ1) is 5.72. The molecule has 70 valence electrons. The van der Waals surface area contributed by atoms with Crippen LogP contribution in [0.3, 0.4) is 0 Å². The fourth-order valence-electron chi connectivity index (χ4n) is 1.57. The van der Waals surface area contributed by atoms with Crippen molar-refractivity contribution in [2.45, 2.75) is 31.8 Å². The van der Waals surface area contributed by atoms with E-state index in [0.717, 1.165) is 36.9 Å². The molecule has 2 N–H and O–H groups in total. The van der Waals surface area contributed by atoms with E-state index in [2.05, 4.69) is 15.9 Å². The van der Waals surface area contributed by atoms with E-state index in [0.29, 0.717) is 0 Å². The molecule has 1 amide bonds. The second-order valence-corrected chi connectivity index (χ2v) is 3.88. The van der Waals surface area contributed by atoms with Gasteiger partial charge in [-0.15, -0.1) is 0 Å². The van der Waals surface area contributed by atoms with Crippen molar-refractivity contribution in [3.8, 4) is 0 Å². The molecule has 0 unspecified atom stereocenters. The summed E-state index contributed by atoms with van der Waals surface area (Å²) in [6, 6.07) is 0. The number of hydrogen-bond acceptors (Lipinski definition) is 2. The SMILES string of the molecule is NC(=O)OC1CCC(CBr)CC1. The molecule has 0 aromatic carbocycles. The van der Waals surface area contributed by atoms with E-state index < -0.39 is 6.09 Å². The topological polar surface area (TPSA) is 52.3 Å². The summed E-state index contributed by atoms with van der Waals surface area (Å²) in [5.41, 5.74) is 4.92. The van der Waals surface area contributed by atoms with Crippen LogP contribution in [0.15, 0.2) is 0 Å². The van der Waals surface area contributed by atoms with E-state index in [9.17, 15) is 4.79 Å². The maximum atomic E-state index is 10.4. The number of halogens is 1. The Kier molecular flexibility index (Phi) is 3.85. The summed E-state index contributed by atoms with van der Waals surface area (Å²) in [7, 11) is 0.